The summed E-state index contributed by atoms with van der Waals surface area (Å²) in [5, 5.41) is 9.42. The predicted molar refractivity (Wildman–Crippen MR) is 55.1 cm³/mol. The fourth-order valence-electron chi connectivity index (χ4n) is 1.68. The van der Waals surface area contributed by atoms with Gasteiger partial charge in [0.25, 0.3) is 0 Å². The Morgan fingerprint density at radius 3 is 2.79 bits per heavy atom. The Morgan fingerprint density at radius 2 is 2.21 bits per heavy atom. The molecular formula is C8H17N5O. The fourth-order valence-corrected chi connectivity index (χ4v) is 1.68. The molecule has 0 aromatic heterocycles. The minimum absolute atomic E-state index is 0.0897. The van der Waals surface area contributed by atoms with Gasteiger partial charge in [-0.1, -0.05) is 0 Å². The molecule has 1 rings (SSSR count). The molecule has 0 saturated heterocycles. The Kier molecular flexibility index (Phi) is 3.70. The summed E-state index contributed by atoms with van der Waals surface area (Å²) in [4.78, 5) is 4.21. The molecule has 2 unspecified atom stereocenters. The van der Waals surface area contributed by atoms with Crippen molar-refractivity contribution in [1.29, 1.82) is 5.41 Å². The number of ether oxygens (including phenoxy) is 1. The molecule has 1 aliphatic carbocycles. The van der Waals surface area contributed by atoms with Gasteiger partial charge in [0.15, 0.2) is 11.9 Å². The molecule has 0 aliphatic heterocycles. The number of rotatable bonds is 2. The summed E-state index contributed by atoms with van der Waals surface area (Å²) >= 11 is 0. The smallest absolute Gasteiger partial charge is 0.195 e. The summed E-state index contributed by atoms with van der Waals surface area (Å²) in [6.07, 6.45) is 3.22. The summed E-state index contributed by atoms with van der Waals surface area (Å²) in [5.74, 6) is -0.00957. The summed E-state index contributed by atoms with van der Waals surface area (Å²) in [6, 6.07) is 0.0897. The first kappa shape index (κ1) is 10.8. The van der Waals surface area contributed by atoms with E-state index in [9.17, 15) is 0 Å². The van der Waals surface area contributed by atoms with Crippen LogP contribution < -0.4 is 16.8 Å². The Bertz CT molecular complexity index is 240. The molecule has 2 atom stereocenters. The molecule has 1 saturated carbocycles. The molecule has 1 aliphatic rings. The SMILES string of the molecule is COC1CCCC1N=C(N)NC(=N)N. The van der Waals surface area contributed by atoms with Gasteiger partial charge in [0.1, 0.15) is 0 Å². The van der Waals surface area contributed by atoms with Crippen molar-refractivity contribution in [3.05, 3.63) is 0 Å². The molecule has 1 fully saturated rings. The van der Waals surface area contributed by atoms with Gasteiger partial charge in [-0.3, -0.25) is 10.7 Å². The number of nitrogens with two attached hydrogens (primary N) is 2. The maximum Gasteiger partial charge on any atom is 0.195 e. The summed E-state index contributed by atoms with van der Waals surface area (Å²) in [6.45, 7) is 0. The van der Waals surface area contributed by atoms with E-state index in [0.717, 1.165) is 19.3 Å². The maximum absolute atomic E-state index is 6.97. The average Bonchev–Trinajstić information content (AvgIpc) is 2.50. The van der Waals surface area contributed by atoms with Crippen molar-refractivity contribution < 1.29 is 4.74 Å². The lowest BCUT2D eigenvalue weighted by molar-refractivity contribution is 0.0965. The van der Waals surface area contributed by atoms with E-state index >= 15 is 0 Å². The number of methoxy groups -OCH3 is 1. The standard InChI is InChI=1S/C8H17N5O/c1-14-6-4-2-3-5(6)12-8(11)13-7(9)10/h5-6H,2-4H2,1H3,(H6,9,10,11,12,13). The number of nitrogens with one attached hydrogen (secondary N) is 2. The van der Waals surface area contributed by atoms with E-state index < -0.39 is 0 Å². The normalized spacial score (nSPS) is 27.6. The van der Waals surface area contributed by atoms with Crippen LogP contribution in [-0.2, 0) is 4.74 Å². The highest BCUT2D eigenvalue weighted by Crippen LogP contribution is 2.24. The molecule has 80 valence electrons. The third-order valence-corrected chi connectivity index (χ3v) is 2.29. The number of hydrogen-bond donors (Lipinski definition) is 4. The predicted octanol–water partition coefficient (Wildman–Crippen LogP) is -0.648. The van der Waals surface area contributed by atoms with E-state index in [1.807, 2.05) is 0 Å². The Balaban J connectivity index is 2.52. The van der Waals surface area contributed by atoms with E-state index in [0.29, 0.717) is 0 Å². The minimum atomic E-state index is -0.196. The second-order valence-corrected chi connectivity index (χ2v) is 3.33. The zero-order valence-electron chi connectivity index (χ0n) is 8.29. The lowest BCUT2D eigenvalue weighted by atomic mass is 10.2. The molecular weight excluding hydrogens is 182 g/mol. The number of nitrogens with zero attached hydrogens (tertiary/aromatic N) is 1. The third kappa shape index (κ3) is 2.88. The average molecular weight is 199 g/mol. The van der Waals surface area contributed by atoms with Crippen LogP contribution in [0.5, 0.6) is 0 Å². The lowest BCUT2D eigenvalue weighted by Gasteiger charge is -2.14. The van der Waals surface area contributed by atoms with Crippen LogP contribution in [0.25, 0.3) is 0 Å². The van der Waals surface area contributed by atoms with Crippen molar-refractivity contribution in [1.82, 2.24) is 5.32 Å². The molecule has 0 heterocycles. The van der Waals surface area contributed by atoms with Gasteiger partial charge in [-0.25, -0.2) is 4.99 Å². The van der Waals surface area contributed by atoms with Gasteiger partial charge in [0.2, 0.25) is 0 Å². The molecule has 0 aromatic rings. The van der Waals surface area contributed by atoms with Crippen molar-refractivity contribution in [2.24, 2.45) is 16.5 Å². The molecule has 14 heavy (non-hydrogen) atoms. The van der Waals surface area contributed by atoms with Gasteiger partial charge in [-0.2, -0.15) is 0 Å². The van der Waals surface area contributed by atoms with Crippen LogP contribution in [0.3, 0.4) is 0 Å². The van der Waals surface area contributed by atoms with Gasteiger partial charge in [-0.05, 0) is 19.3 Å². The quantitative estimate of drug-likeness (QED) is 0.350. The third-order valence-electron chi connectivity index (χ3n) is 2.29. The van der Waals surface area contributed by atoms with Crippen molar-refractivity contribution >= 4 is 11.9 Å². The van der Waals surface area contributed by atoms with Gasteiger partial charge in [-0.15, -0.1) is 0 Å². The molecule has 6 N–H and O–H groups in total. The second-order valence-electron chi connectivity index (χ2n) is 3.33. The van der Waals surface area contributed by atoms with Crippen LogP contribution in [-0.4, -0.2) is 31.2 Å². The summed E-state index contributed by atoms with van der Waals surface area (Å²) < 4.78 is 5.25. The largest absolute Gasteiger partial charge is 0.379 e. The highest BCUT2D eigenvalue weighted by atomic mass is 16.5. The zero-order valence-corrected chi connectivity index (χ0v) is 8.29. The van der Waals surface area contributed by atoms with Crippen LogP contribution in [0.1, 0.15) is 19.3 Å². The highest BCUT2D eigenvalue weighted by molar-refractivity contribution is 5.95. The molecule has 0 spiro atoms. The van der Waals surface area contributed by atoms with E-state index in [4.69, 9.17) is 21.6 Å². The Labute approximate surface area is 83.2 Å². The maximum atomic E-state index is 6.97. The topological polar surface area (TPSA) is 110 Å². The second kappa shape index (κ2) is 4.80. The van der Waals surface area contributed by atoms with E-state index in [1.54, 1.807) is 7.11 Å². The van der Waals surface area contributed by atoms with E-state index in [-0.39, 0.29) is 24.1 Å². The zero-order chi connectivity index (χ0) is 10.6. The van der Waals surface area contributed by atoms with Crippen molar-refractivity contribution in [3.63, 3.8) is 0 Å². The van der Waals surface area contributed by atoms with E-state index in [1.165, 1.54) is 0 Å². The van der Waals surface area contributed by atoms with Crippen LogP contribution in [0.4, 0.5) is 0 Å². The molecule has 0 amide bonds. The monoisotopic (exact) mass is 199 g/mol. The van der Waals surface area contributed by atoms with Gasteiger partial charge in [0.05, 0.1) is 12.1 Å². The molecule has 6 heteroatoms. The Morgan fingerprint density at radius 1 is 1.50 bits per heavy atom. The van der Waals surface area contributed by atoms with Gasteiger partial charge < -0.3 is 16.2 Å². The Hall–Kier alpha value is -1.30. The molecule has 6 nitrogen and oxygen atoms in total. The lowest BCUT2D eigenvalue weighted by Crippen LogP contribution is -2.42. The van der Waals surface area contributed by atoms with E-state index in [2.05, 4.69) is 10.3 Å². The minimum Gasteiger partial charge on any atom is -0.379 e. The first-order valence-electron chi connectivity index (χ1n) is 4.60. The summed E-state index contributed by atoms with van der Waals surface area (Å²) in [5.41, 5.74) is 10.6. The van der Waals surface area contributed by atoms with Crippen molar-refractivity contribution in [2.45, 2.75) is 31.4 Å². The first-order valence-corrected chi connectivity index (χ1v) is 4.60. The van der Waals surface area contributed by atoms with Crippen LogP contribution in [0.15, 0.2) is 4.99 Å². The van der Waals surface area contributed by atoms with Crippen LogP contribution in [0.2, 0.25) is 0 Å². The highest BCUT2D eigenvalue weighted by Gasteiger charge is 2.26. The first-order chi connectivity index (χ1) is 6.63. The number of aliphatic imine (C=N–C) groups is 1. The van der Waals surface area contributed by atoms with Crippen molar-refractivity contribution in [3.8, 4) is 0 Å². The molecule has 0 radical (unpaired) electrons. The van der Waals surface area contributed by atoms with Crippen LogP contribution in [0, 0.1) is 5.41 Å². The fraction of sp³-hybridized carbons (Fsp3) is 0.750. The molecule has 0 aromatic carbocycles. The van der Waals surface area contributed by atoms with Gasteiger partial charge in [0, 0.05) is 7.11 Å². The number of guanidine groups is 2. The number of hydrogen-bond acceptors (Lipinski definition) is 3. The van der Waals surface area contributed by atoms with Crippen molar-refractivity contribution in [2.75, 3.05) is 7.11 Å². The summed E-state index contributed by atoms with van der Waals surface area (Å²) in [7, 11) is 1.67. The molecule has 0 bridgehead atoms. The van der Waals surface area contributed by atoms with Crippen LogP contribution >= 0.6 is 0 Å². The van der Waals surface area contributed by atoms with Gasteiger partial charge >= 0.3 is 0 Å².